The number of hydrogen-bond acceptors (Lipinski definition) is 7. The molecule has 0 aromatic rings. The molecule has 1 heterocycles. The van der Waals surface area contributed by atoms with Crippen LogP contribution < -0.4 is 0 Å². The van der Waals surface area contributed by atoms with Gasteiger partial charge in [-0.15, -0.1) is 0 Å². The SMILES string of the molecule is CO[C@@]12OC(=O)C(CO)=C1C[C@H]1[C@H](COC(C)=O)[C@H]3C[C@H]3[C@]1(C)[C@@H]2O. The van der Waals surface area contributed by atoms with Crippen molar-refractivity contribution in [2.45, 2.75) is 38.6 Å². The summed E-state index contributed by atoms with van der Waals surface area (Å²) in [4.78, 5) is 23.4. The van der Waals surface area contributed by atoms with Gasteiger partial charge in [0.2, 0.25) is 0 Å². The van der Waals surface area contributed by atoms with Gasteiger partial charge in [0.25, 0.3) is 5.79 Å². The normalized spacial score (nSPS) is 47.1. The summed E-state index contributed by atoms with van der Waals surface area (Å²) < 4.78 is 16.3. The van der Waals surface area contributed by atoms with Gasteiger partial charge in [-0.25, -0.2) is 4.79 Å². The fraction of sp³-hybridized carbons (Fsp3) is 0.778. The van der Waals surface area contributed by atoms with Crippen LogP contribution in [-0.4, -0.2) is 54.4 Å². The van der Waals surface area contributed by atoms with Gasteiger partial charge in [-0.3, -0.25) is 4.79 Å². The van der Waals surface area contributed by atoms with E-state index in [-0.39, 0.29) is 23.4 Å². The predicted molar refractivity (Wildman–Crippen MR) is 83.9 cm³/mol. The molecule has 4 rings (SSSR count). The summed E-state index contributed by atoms with van der Waals surface area (Å²) in [6.07, 6.45) is 0.432. The molecule has 3 saturated carbocycles. The lowest BCUT2D eigenvalue weighted by atomic mass is 9.59. The quantitative estimate of drug-likeness (QED) is 0.706. The summed E-state index contributed by atoms with van der Waals surface area (Å²) in [6.45, 7) is 3.28. The van der Waals surface area contributed by atoms with Gasteiger partial charge in [0.05, 0.1) is 18.8 Å². The summed E-state index contributed by atoms with van der Waals surface area (Å²) in [7, 11) is 1.41. The third-order valence-electron chi connectivity index (χ3n) is 7.09. The van der Waals surface area contributed by atoms with Crippen LogP contribution in [0.25, 0.3) is 0 Å². The monoisotopic (exact) mass is 352 g/mol. The standard InChI is InChI=1S/C18H24O7/c1-8(20)24-7-11-9-4-12(9)17(2)13(11)5-14-10(6-19)15(21)25-18(14,23-3)16(17)22/h9,11-13,16,19,22H,4-7H2,1-3H3/t9-,11-,12-,13+,16+,17+,18-/m1/s1. The number of carbonyl (C=O) groups is 2. The topological polar surface area (TPSA) is 102 Å². The van der Waals surface area contributed by atoms with E-state index in [2.05, 4.69) is 0 Å². The lowest BCUT2D eigenvalue weighted by molar-refractivity contribution is -0.271. The molecule has 3 aliphatic carbocycles. The minimum Gasteiger partial charge on any atom is -0.466 e. The van der Waals surface area contributed by atoms with Crippen molar-refractivity contribution in [1.29, 1.82) is 0 Å². The van der Waals surface area contributed by atoms with E-state index in [1.165, 1.54) is 14.0 Å². The number of esters is 2. The van der Waals surface area contributed by atoms with Gasteiger partial charge in [-0.1, -0.05) is 6.92 Å². The van der Waals surface area contributed by atoms with Gasteiger partial charge in [-0.2, -0.15) is 0 Å². The number of hydrogen-bond donors (Lipinski definition) is 2. The summed E-state index contributed by atoms with van der Waals surface area (Å²) in [5.74, 6) is -1.60. The van der Waals surface area contributed by atoms with E-state index >= 15 is 0 Å². The Balaban J connectivity index is 1.75. The van der Waals surface area contributed by atoms with Crippen molar-refractivity contribution in [3.8, 4) is 0 Å². The summed E-state index contributed by atoms with van der Waals surface area (Å²) in [5, 5.41) is 20.9. The maximum absolute atomic E-state index is 12.2. The van der Waals surface area contributed by atoms with E-state index < -0.39 is 29.9 Å². The Hall–Kier alpha value is -1.44. The fourth-order valence-electron chi connectivity index (χ4n) is 5.81. The van der Waals surface area contributed by atoms with E-state index in [4.69, 9.17) is 14.2 Å². The number of methoxy groups -OCH3 is 1. The second-order valence-corrected chi connectivity index (χ2v) is 7.93. The Morgan fingerprint density at radius 3 is 2.72 bits per heavy atom. The number of aliphatic hydroxyl groups is 2. The summed E-state index contributed by atoms with van der Waals surface area (Å²) >= 11 is 0. The van der Waals surface area contributed by atoms with Crippen LogP contribution in [0, 0.1) is 29.1 Å². The molecule has 25 heavy (non-hydrogen) atoms. The van der Waals surface area contributed by atoms with Gasteiger partial charge in [0.1, 0.15) is 6.10 Å². The van der Waals surface area contributed by atoms with Crippen molar-refractivity contribution < 1.29 is 34.0 Å². The van der Waals surface area contributed by atoms with Crippen LogP contribution in [0.15, 0.2) is 11.1 Å². The highest BCUT2D eigenvalue weighted by atomic mass is 16.7. The number of rotatable bonds is 4. The van der Waals surface area contributed by atoms with Crippen LogP contribution in [0.5, 0.6) is 0 Å². The van der Waals surface area contributed by atoms with Gasteiger partial charge in [0.15, 0.2) is 0 Å². The van der Waals surface area contributed by atoms with Crippen LogP contribution in [0.3, 0.4) is 0 Å². The van der Waals surface area contributed by atoms with E-state index in [0.29, 0.717) is 30.4 Å². The van der Waals surface area contributed by atoms with Crippen molar-refractivity contribution in [2.75, 3.05) is 20.3 Å². The zero-order valence-electron chi connectivity index (χ0n) is 14.7. The first kappa shape index (κ1) is 17.0. The third kappa shape index (κ3) is 1.97. The largest absolute Gasteiger partial charge is 0.466 e. The molecule has 3 fully saturated rings. The first-order chi connectivity index (χ1) is 11.8. The molecule has 7 heteroatoms. The van der Waals surface area contributed by atoms with Crippen molar-refractivity contribution >= 4 is 11.9 Å². The maximum atomic E-state index is 12.2. The number of carbonyl (C=O) groups excluding carboxylic acids is 2. The second-order valence-electron chi connectivity index (χ2n) is 7.93. The lowest BCUT2D eigenvalue weighted by Crippen LogP contribution is -2.61. The molecular formula is C18H24O7. The Bertz CT molecular complexity index is 670. The lowest BCUT2D eigenvalue weighted by Gasteiger charge is -2.52. The van der Waals surface area contributed by atoms with E-state index in [9.17, 15) is 19.8 Å². The highest BCUT2D eigenvalue weighted by Gasteiger charge is 2.75. The van der Waals surface area contributed by atoms with Crippen molar-refractivity contribution in [3.05, 3.63) is 11.1 Å². The number of fused-ring (bicyclic) bond motifs is 4. The molecule has 0 aromatic heterocycles. The molecule has 0 unspecified atom stereocenters. The zero-order chi connectivity index (χ0) is 18.1. The molecule has 0 spiro atoms. The number of ether oxygens (including phenoxy) is 3. The highest BCUT2D eigenvalue weighted by Crippen LogP contribution is 2.73. The number of aliphatic hydroxyl groups excluding tert-OH is 2. The molecule has 0 saturated heterocycles. The first-order valence-electron chi connectivity index (χ1n) is 8.74. The smallest absolute Gasteiger partial charge is 0.339 e. The molecule has 0 bridgehead atoms. The van der Waals surface area contributed by atoms with Crippen molar-refractivity contribution in [2.24, 2.45) is 29.1 Å². The molecule has 0 aromatic carbocycles. The third-order valence-corrected chi connectivity index (χ3v) is 7.09. The van der Waals surface area contributed by atoms with E-state index in [0.717, 1.165) is 6.42 Å². The molecule has 7 nitrogen and oxygen atoms in total. The summed E-state index contributed by atoms with van der Waals surface area (Å²) in [6, 6.07) is 0. The molecule has 1 aliphatic heterocycles. The Morgan fingerprint density at radius 1 is 1.40 bits per heavy atom. The molecule has 7 atom stereocenters. The molecule has 4 aliphatic rings. The van der Waals surface area contributed by atoms with E-state index in [1.807, 2.05) is 6.92 Å². The summed E-state index contributed by atoms with van der Waals surface area (Å²) in [5.41, 5.74) is 0.224. The zero-order valence-corrected chi connectivity index (χ0v) is 14.7. The fourth-order valence-corrected chi connectivity index (χ4v) is 5.81. The average molecular weight is 352 g/mol. The Morgan fingerprint density at radius 2 is 2.12 bits per heavy atom. The van der Waals surface area contributed by atoms with Gasteiger partial charge in [0, 0.05) is 25.0 Å². The second kappa shape index (κ2) is 5.28. The predicted octanol–water partition coefficient (Wildman–Crippen LogP) is 0.391. The Labute approximate surface area is 145 Å². The highest BCUT2D eigenvalue weighted by molar-refractivity contribution is 5.93. The van der Waals surface area contributed by atoms with Gasteiger partial charge >= 0.3 is 11.9 Å². The molecule has 0 radical (unpaired) electrons. The Kier molecular flexibility index (Phi) is 3.59. The molecule has 0 amide bonds. The van der Waals surface area contributed by atoms with Crippen LogP contribution in [0.1, 0.15) is 26.7 Å². The van der Waals surface area contributed by atoms with Crippen LogP contribution >= 0.6 is 0 Å². The molecule has 2 N–H and O–H groups in total. The van der Waals surface area contributed by atoms with Crippen molar-refractivity contribution in [3.63, 3.8) is 0 Å². The van der Waals surface area contributed by atoms with E-state index in [1.54, 1.807) is 0 Å². The first-order valence-corrected chi connectivity index (χ1v) is 8.74. The van der Waals surface area contributed by atoms with Crippen LogP contribution in [0.4, 0.5) is 0 Å². The van der Waals surface area contributed by atoms with Crippen LogP contribution in [0.2, 0.25) is 0 Å². The van der Waals surface area contributed by atoms with Crippen LogP contribution in [-0.2, 0) is 23.8 Å². The minimum absolute atomic E-state index is 0.0416. The minimum atomic E-state index is -1.51. The molecule has 138 valence electrons. The molecular weight excluding hydrogens is 328 g/mol. The van der Waals surface area contributed by atoms with Gasteiger partial charge in [-0.05, 0) is 36.5 Å². The van der Waals surface area contributed by atoms with Gasteiger partial charge < -0.3 is 24.4 Å². The van der Waals surface area contributed by atoms with Crippen molar-refractivity contribution in [1.82, 2.24) is 0 Å². The maximum Gasteiger partial charge on any atom is 0.339 e. The average Bonchev–Trinajstić information content (AvgIpc) is 3.26.